The van der Waals surface area contributed by atoms with Crippen molar-refractivity contribution in [1.29, 1.82) is 0 Å². The highest BCUT2D eigenvalue weighted by Crippen LogP contribution is 2.32. The van der Waals surface area contributed by atoms with Crippen LogP contribution >= 0.6 is 0 Å². The monoisotopic (exact) mass is 262 g/mol. The molecule has 1 aromatic rings. The molecule has 3 atom stereocenters. The molecule has 3 rings (SSSR count). The minimum atomic E-state index is -0.374. The summed E-state index contributed by atoms with van der Waals surface area (Å²) in [6.07, 6.45) is 1.24. The first kappa shape index (κ1) is 12.4. The number of ether oxygens (including phenoxy) is 2. The number of rotatable bonds is 3. The standard InChI is InChI=1S/C14H18N2O3/c15-7-9-5-6-13(19-9)14(17)16-11-8-18-12-4-2-1-3-10(11)12/h1-4,9,11,13H,5-8,15H2,(H,16,17). The lowest BCUT2D eigenvalue weighted by Crippen LogP contribution is -2.38. The lowest BCUT2D eigenvalue weighted by atomic mass is 10.1. The fraction of sp³-hybridized carbons (Fsp3) is 0.500. The summed E-state index contributed by atoms with van der Waals surface area (Å²) in [6, 6.07) is 7.69. The third-order valence-corrected chi connectivity index (χ3v) is 3.68. The van der Waals surface area contributed by atoms with E-state index in [4.69, 9.17) is 15.2 Å². The summed E-state index contributed by atoms with van der Waals surface area (Å²) < 4.78 is 11.1. The highest BCUT2D eigenvalue weighted by atomic mass is 16.5. The van der Waals surface area contributed by atoms with Crippen LogP contribution in [0.25, 0.3) is 0 Å². The third-order valence-electron chi connectivity index (χ3n) is 3.68. The molecule has 0 aromatic heterocycles. The van der Waals surface area contributed by atoms with Gasteiger partial charge in [0.25, 0.3) is 0 Å². The first-order valence-corrected chi connectivity index (χ1v) is 6.65. The summed E-state index contributed by atoms with van der Waals surface area (Å²) in [7, 11) is 0. The van der Waals surface area contributed by atoms with Crippen LogP contribution in [0.4, 0.5) is 0 Å². The number of para-hydroxylation sites is 1. The van der Waals surface area contributed by atoms with Gasteiger partial charge in [0.1, 0.15) is 18.5 Å². The van der Waals surface area contributed by atoms with E-state index < -0.39 is 0 Å². The van der Waals surface area contributed by atoms with Crippen molar-refractivity contribution >= 4 is 5.91 Å². The van der Waals surface area contributed by atoms with Crippen molar-refractivity contribution in [3.8, 4) is 5.75 Å². The van der Waals surface area contributed by atoms with Gasteiger partial charge in [0.2, 0.25) is 5.91 Å². The van der Waals surface area contributed by atoms with E-state index in [1.807, 2.05) is 24.3 Å². The molecule has 1 amide bonds. The number of hydrogen-bond donors (Lipinski definition) is 2. The van der Waals surface area contributed by atoms with Gasteiger partial charge in [-0.05, 0) is 18.9 Å². The first-order chi connectivity index (χ1) is 9.28. The number of nitrogens with one attached hydrogen (secondary N) is 1. The molecule has 19 heavy (non-hydrogen) atoms. The minimum Gasteiger partial charge on any atom is -0.491 e. The van der Waals surface area contributed by atoms with Gasteiger partial charge in [-0.1, -0.05) is 18.2 Å². The van der Waals surface area contributed by atoms with Crippen LogP contribution in [-0.2, 0) is 9.53 Å². The van der Waals surface area contributed by atoms with Gasteiger partial charge < -0.3 is 20.5 Å². The Bertz CT molecular complexity index is 478. The van der Waals surface area contributed by atoms with E-state index in [2.05, 4.69) is 5.32 Å². The molecule has 1 fully saturated rings. The summed E-state index contributed by atoms with van der Waals surface area (Å²) in [5.41, 5.74) is 6.58. The number of benzene rings is 1. The second-order valence-corrected chi connectivity index (χ2v) is 4.97. The van der Waals surface area contributed by atoms with Crippen molar-refractivity contribution in [2.45, 2.75) is 31.1 Å². The second-order valence-electron chi connectivity index (χ2n) is 4.97. The van der Waals surface area contributed by atoms with Gasteiger partial charge in [0.15, 0.2) is 0 Å². The molecule has 0 aliphatic carbocycles. The molecule has 102 valence electrons. The Kier molecular flexibility index (Phi) is 3.40. The maximum absolute atomic E-state index is 12.1. The number of hydrogen-bond acceptors (Lipinski definition) is 4. The molecule has 0 radical (unpaired) electrons. The molecule has 0 spiro atoms. The quantitative estimate of drug-likeness (QED) is 0.842. The average Bonchev–Trinajstić information content (AvgIpc) is 3.06. The zero-order valence-electron chi connectivity index (χ0n) is 10.7. The number of fused-ring (bicyclic) bond motifs is 1. The zero-order chi connectivity index (χ0) is 13.2. The van der Waals surface area contributed by atoms with Gasteiger partial charge in [-0.2, -0.15) is 0 Å². The van der Waals surface area contributed by atoms with Gasteiger partial charge in [-0.15, -0.1) is 0 Å². The van der Waals surface area contributed by atoms with Crippen molar-refractivity contribution in [2.24, 2.45) is 5.73 Å². The van der Waals surface area contributed by atoms with Crippen molar-refractivity contribution in [1.82, 2.24) is 5.32 Å². The molecule has 0 saturated carbocycles. The fourth-order valence-electron chi connectivity index (χ4n) is 2.62. The second kappa shape index (κ2) is 5.19. The van der Waals surface area contributed by atoms with Crippen LogP contribution < -0.4 is 15.8 Å². The normalized spacial score (nSPS) is 28.8. The highest BCUT2D eigenvalue weighted by Gasteiger charge is 2.33. The Balaban J connectivity index is 1.62. The molecule has 2 heterocycles. The van der Waals surface area contributed by atoms with Crippen LogP contribution in [0.1, 0.15) is 24.4 Å². The highest BCUT2D eigenvalue weighted by molar-refractivity contribution is 5.81. The van der Waals surface area contributed by atoms with Crippen molar-refractivity contribution < 1.29 is 14.3 Å². The molecular weight excluding hydrogens is 244 g/mol. The summed E-state index contributed by atoms with van der Waals surface area (Å²) in [5.74, 6) is 0.779. The summed E-state index contributed by atoms with van der Waals surface area (Å²) >= 11 is 0. The van der Waals surface area contributed by atoms with Crippen LogP contribution in [0.5, 0.6) is 5.75 Å². The lowest BCUT2D eigenvalue weighted by Gasteiger charge is -2.16. The maximum Gasteiger partial charge on any atom is 0.249 e. The molecule has 1 saturated heterocycles. The first-order valence-electron chi connectivity index (χ1n) is 6.65. The Morgan fingerprint density at radius 1 is 1.37 bits per heavy atom. The fourth-order valence-corrected chi connectivity index (χ4v) is 2.62. The summed E-state index contributed by atoms with van der Waals surface area (Å²) in [4.78, 5) is 12.1. The number of carbonyl (C=O) groups is 1. The van der Waals surface area contributed by atoms with E-state index in [0.717, 1.165) is 24.2 Å². The Morgan fingerprint density at radius 2 is 2.21 bits per heavy atom. The van der Waals surface area contributed by atoms with Crippen LogP contribution in [0.3, 0.4) is 0 Å². The third kappa shape index (κ3) is 2.43. The van der Waals surface area contributed by atoms with E-state index in [1.54, 1.807) is 0 Å². The number of nitrogens with two attached hydrogens (primary N) is 1. The van der Waals surface area contributed by atoms with E-state index in [1.165, 1.54) is 0 Å². The van der Waals surface area contributed by atoms with Crippen LogP contribution in [-0.4, -0.2) is 31.3 Å². The molecule has 2 aliphatic heterocycles. The SMILES string of the molecule is NCC1CCC(C(=O)NC2COc3ccccc32)O1. The predicted octanol–water partition coefficient (Wildman–Crippen LogP) is 0.743. The lowest BCUT2D eigenvalue weighted by molar-refractivity contribution is -0.132. The predicted molar refractivity (Wildman–Crippen MR) is 69.8 cm³/mol. The maximum atomic E-state index is 12.1. The van der Waals surface area contributed by atoms with Gasteiger partial charge in [-0.3, -0.25) is 4.79 Å². The number of carbonyl (C=O) groups excluding carboxylic acids is 1. The zero-order valence-corrected chi connectivity index (χ0v) is 10.7. The molecular formula is C14H18N2O3. The van der Waals surface area contributed by atoms with Gasteiger partial charge >= 0.3 is 0 Å². The van der Waals surface area contributed by atoms with E-state index in [-0.39, 0.29) is 24.2 Å². The Morgan fingerprint density at radius 3 is 3.00 bits per heavy atom. The van der Waals surface area contributed by atoms with Crippen LogP contribution in [0.2, 0.25) is 0 Å². The van der Waals surface area contributed by atoms with Gasteiger partial charge in [-0.25, -0.2) is 0 Å². The van der Waals surface area contributed by atoms with E-state index in [9.17, 15) is 4.79 Å². The van der Waals surface area contributed by atoms with Crippen LogP contribution in [0, 0.1) is 0 Å². The minimum absolute atomic E-state index is 0.0165. The molecule has 3 N–H and O–H groups in total. The molecule has 5 heteroatoms. The average molecular weight is 262 g/mol. The number of amides is 1. The van der Waals surface area contributed by atoms with Crippen LogP contribution in [0.15, 0.2) is 24.3 Å². The van der Waals surface area contributed by atoms with Gasteiger partial charge in [0, 0.05) is 12.1 Å². The Hall–Kier alpha value is -1.59. The van der Waals surface area contributed by atoms with Crippen molar-refractivity contribution in [3.05, 3.63) is 29.8 Å². The molecule has 3 unspecified atom stereocenters. The molecule has 5 nitrogen and oxygen atoms in total. The molecule has 0 bridgehead atoms. The smallest absolute Gasteiger partial charge is 0.249 e. The van der Waals surface area contributed by atoms with E-state index >= 15 is 0 Å². The van der Waals surface area contributed by atoms with E-state index in [0.29, 0.717) is 13.2 Å². The molecule has 1 aromatic carbocycles. The van der Waals surface area contributed by atoms with Crippen molar-refractivity contribution in [2.75, 3.05) is 13.2 Å². The summed E-state index contributed by atoms with van der Waals surface area (Å²) in [5, 5.41) is 2.99. The summed E-state index contributed by atoms with van der Waals surface area (Å²) in [6.45, 7) is 0.956. The topological polar surface area (TPSA) is 73.6 Å². The van der Waals surface area contributed by atoms with Gasteiger partial charge in [0.05, 0.1) is 12.1 Å². The largest absolute Gasteiger partial charge is 0.491 e. The van der Waals surface area contributed by atoms with Crippen molar-refractivity contribution in [3.63, 3.8) is 0 Å². The Labute approximate surface area is 112 Å². The molecule has 2 aliphatic rings.